The molecule has 0 aliphatic rings. The Morgan fingerprint density at radius 1 is 0.481 bits per heavy atom. The number of hydrogen-bond acceptors (Lipinski definition) is 7. The van der Waals surface area contributed by atoms with E-state index in [2.05, 4.69) is 158 Å². The van der Waals surface area contributed by atoms with Gasteiger partial charge in [-0.15, -0.1) is 0 Å². The minimum Gasteiger partial charge on any atom is -0.440 e. The third kappa shape index (κ3) is 6.34. The smallest absolute Gasteiger partial charge is 0.205 e. The largest absolute Gasteiger partial charge is 0.440 e. The molecule has 8 heteroatoms. The van der Waals surface area contributed by atoms with Crippen molar-refractivity contribution < 1.29 is 4.42 Å². The summed E-state index contributed by atoms with van der Waals surface area (Å²) in [5.41, 5.74) is 20.3. The standard InChI is InChI=1S/C46H37N7O/c47-48-35-14-11-20-40(30-35)52(44-32-51(37-16-3-1-4-17-37)43-23-9-8-22-42(43)44)39-27-25-34(26-28-39)49-50-36-15-12-21-41(31-36)53(38-18-5-2-6-19-38)46-29-33-13-7-10-24-45(33)54-46/h1-32,48-50H,47H2. The molecule has 8 nitrogen and oxygen atoms in total. The maximum Gasteiger partial charge on any atom is 0.205 e. The fraction of sp³-hybridized carbons (Fsp3) is 0. The molecule has 0 amide bonds. The molecule has 9 rings (SSSR count). The maximum absolute atomic E-state index is 6.34. The first-order valence-corrected chi connectivity index (χ1v) is 17.8. The summed E-state index contributed by atoms with van der Waals surface area (Å²) >= 11 is 0. The first-order valence-electron chi connectivity index (χ1n) is 17.8. The second kappa shape index (κ2) is 14.3. The van der Waals surface area contributed by atoms with Crippen molar-refractivity contribution in [2.45, 2.75) is 0 Å². The molecule has 9 aromatic rings. The Bertz CT molecular complexity index is 2640. The zero-order valence-corrected chi connectivity index (χ0v) is 29.3. The maximum atomic E-state index is 6.34. The number of anilines is 9. The van der Waals surface area contributed by atoms with Gasteiger partial charge in [0.2, 0.25) is 5.88 Å². The first kappa shape index (κ1) is 32.5. The van der Waals surface area contributed by atoms with E-state index in [-0.39, 0.29) is 0 Å². The van der Waals surface area contributed by atoms with E-state index in [1.54, 1.807) is 0 Å². The summed E-state index contributed by atoms with van der Waals surface area (Å²) in [5, 5.41) is 2.18. The molecule has 0 saturated carbocycles. The lowest BCUT2D eigenvalue weighted by atomic mass is 10.1. The van der Waals surface area contributed by atoms with Crippen LogP contribution in [-0.4, -0.2) is 4.57 Å². The van der Waals surface area contributed by atoms with Gasteiger partial charge in [0.05, 0.1) is 34.0 Å². The molecule has 0 aliphatic carbocycles. The summed E-state index contributed by atoms with van der Waals surface area (Å²) in [7, 11) is 0. The van der Waals surface area contributed by atoms with E-state index in [1.807, 2.05) is 66.7 Å². The van der Waals surface area contributed by atoms with Crippen molar-refractivity contribution in [3.8, 4) is 5.69 Å². The quantitative estimate of drug-likeness (QED) is 0.0788. The van der Waals surface area contributed by atoms with Crippen molar-refractivity contribution in [3.63, 3.8) is 0 Å². The monoisotopic (exact) mass is 703 g/mol. The van der Waals surface area contributed by atoms with Gasteiger partial charge in [0, 0.05) is 45.8 Å². The van der Waals surface area contributed by atoms with Crippen LogP contribution in [-0.2, 0) is 0 Å². The minimum atomic E-state index is 0.743. The lowest BCUT2D eigenvalue weighted by molar-refractivity contribution is 0.621. The van der Waals surface area contributed by atoms with E-state index < -0.39 is 0 Å². The van der Waals surface area contributed by atoms with E-state index in [9.17, 15) is 0 Å². The van der Waals surface area contributed by atoms with Gasteiger partial charge in [0.1, 0.15) is 5.58 Å². The Morgan fingerprint density at radius 3 is 1.87 bits per heavy atom. The van der Waals surface area contributed by atoms with Gasteiger partial charge in [-0.1, -0.05) is 84.9 Å². The number of hydrogen-bond donors (Lipinski definition) is 4. The number of para-hydroxylation sites is 4. The van der Waals surface area contributed by atoms with Crippen LogP contribution in [0.3, 0.4) is 0 Å². The molecule has 2 aromatic heterocycles. The Kier molecular flexibility index (Phi) is 8.60. The van der Waals surface area contributed by atoms with E-state index >= 15 is 0 Å². The van der Waals surface area contributed by atoms with Gasteiger partial charge >= 0.3 is 0 Å². The Morgan fingerprint density at radius 2 is 1.09 bits per heavy atom. The van der Waals surface area contributed by atoms with Crippen LogP contribution in [0, 0.1) is 0 Å². The number of hydrazine groups is 2. The summed E-state index contributed by atoms with van der Waals surface area (Å²) in [5.74, 6) is 6.62. The fourth-order valence-electron chi connectivity index (χ4n) is 6.92. The fourth-order valence-corrected chi connectivity index (χ4v) is 6.92. The van der Waals surface area contributed by atoms with Crippen LogP contribution in [0.15, 0.2) is 199 Å². The number of nitrogens with one attached hydrogen (secondary N) is 3. The van der Waals surface area contributed by atoms with Crippen molar-refractivity contribution in [1.29, 1.82) is 0 Å². The third-order valence-corrected chi connectivity index (χ3v) is 9.47. The van der Waals surface area contributed by atoms with Crippen molar-refractivity contribution in [2.75, 3.05) is 26.1 Å². The molecule has 54 heavy (non-hydrogen) atoms. The lowest BCUT2D eigenvalue weighted by Crippen LogP contribution is -2.13. The van der Waals surface area contributed by atoms with Crippen LogP contribution in [0.25, 0.3) is 27.6 Å². The molecule has 0 bridgehead atoms. The molecule has 5 N–H and O–H groups in total. The van der Waals surface area contributed by atoms with Crippen LogP contribution in [0.5, 0.6) is 0 Å². The van der Waals surface area contributed by atoms with E-state index in [0.29, 0.717) is 0 Å². The molecule has 262 valence electrons. The molecule has 0 fully saturated rings. The highest BCUT2D eigenvalue weighted by Crippen LogP contribution is 2.42. The number of nitrogens with two attached hydrogens (primary N) is 1. The second-order valence-electron chi connectivity index (χ2n) is 12.9. The Labute approximate surface area is 313 Å². The highest BCUT2D eigenvalue weighted by atomic mass is 16.4. The van der Waals surface area contributed by atoms with Gasteiger partial charge in [-0.05, 0) is 97.1 Å². The number of furan rings is 1. The normalized spacial score (nSPS) is 11.1. The summed E-state index contributed by atoms with van der Waals surface area (Å²) in [6, 6.07) is 64.1. The summed E-state index contributed by atoms with van der Waals surface area (Å²) in [6.45, 7) is 0. The van der Waals surface area contributed by atoms with E-state index in [4.69, 9.17) is 10.3 Å². The molecule has 0 radical (unpaired) electrons. The molecule has 0 unspecified atom stereocenters. The number of fused-ring (bicyclic) bond motifs is 2. The van der Waals surface area contributed by atoms with Crippen molar-refractivity contribution in [3.05, 3.63) is 194 Å². The van der Waals surface area contributed by atoms with Gasteiger partial charge in [-0.25, -0.2) is 0 Å². The van der Waals surface area contributed by atoms with Crippen LogP contribution in [0.2, 0.25) is 0 Å². The van der Waals surface area contributed by atoms with Crippen LogP contribution < -0.4 is 31.9 Å². The van der Waals surface area contributed by atoms with Crippen molar-refractivity contribution >= 4 is 73.3 Å². The minimum absolute atomic E-state index is 0.743. The van der Waals surface area contributed by atoms with Gasteiger partial charge in [-0.2, -0.15) is 0 Å². The number of nitrogen functional groups attached to an aromatic ring is 1. The molecule has 0 atom stereocenters. The zero-order chi connectivity index (χ0) is 36.3. The summed E-state index contributed by atoms with van der Waals surface area (Å²) in [4.78, 5) is 4.39. The molecular formula is C46H37N7O. The second-order valence-corrected chi connectivity index (χ2v) is 12.9. The van der Waals surface area contributed by atoms with Crippen molar-refractivity contribution in [1.82, 2.24) is 4.57 Å². The lowest BCUT2D eigenvalue weighted by Gasteiger charge is -2.25. The molecule has 7 aromatic carbocycles. The van der Waals surface area contributed by atoms with Gasteiger partial charge in [0.15, 0.2) is 0 Å². The van der Waals surface area contributed by atoms with Gasteiger partial charge in [-0.3, -0.25) is 10.7 Å². The van der Waals surface area contributed by atoms with Gasteiger partial charge < -0.3 is 30.2 Å². The van der Waals surface area contributed by atoms with E-state index in [1.165, 1.54) is 0 Å². The number of rotatable bonds is 11. The van der Waals surface area contributed by atoms with E-state index in [0.717, 1.165) is 78.9 Å². The van der Waals surface area contributed by atoms with Crippen LogP contribution >= 0.6 is 0 Å². The third-order valence-electron chi connectivity index (χ3n) is 9.47. The Balaban J connectivity index is 1.02. The number of nitrogens with zero attached hydrogens (tertiary/aromatic N) is 3. The molecule has 2 heterocycles. The number of aromatic nitrogens is 1. The predicted octanol–water partition coefficient (Wildman–Crippen LogP) is 12.0. The predicted molar refractivity (Wildman–Crippen MR) is 224 cm³/mol. The Hall–Kier alpha value is -7.42. The molecule has 0 spiro atoms. The average molecular weight is 704 g/mol. The van der Waals surface area contributed by atoms with Gasteiger partial charge in [0.25, 0.3) is 0 Å². The summed E-state index contributed by atoms with van der Waals surface area (Å²) in [6.07, 6.45) is 2.20. The van der Waals surface area contributed by atoms with Crippen molar-refractivity contribution in [2.24, 2.45) is 5.84 Å². The highest BCUT2D eigenvalue weighted by molar-refractivity contribution is 5.99. The molecule has 0 aliphatic heterocycles. The number of benzene rings is 7. The summed E-state index contributed by atoms with van der Waals surface area (Å²) < 4.78 is 8.58. The first-order chi connectivity index (χ1) is 26.7. The molecule has 0 saturated heterocycles. The van der Waals surface area contributed by atoms with Crippen LogP contribution in [0.4, 0.5) is 51.4 Å². The van der Waals surface area contributed by atoms with Crippen LogP contribution in [0.1, 0.15) is 0 Å². The topological polar surface area (TPSA) is 86.7 Å². The zero-order valence-electron chi connectivity index (χ0n) is 29.3. The average Bonchev–Trinajstić information content (AvgIpc) is 3.84. The molecular weight excluding hydrogens is 667 g/mol. The highest BCUT2D eigenvalue weighted by Gasteiger charge is 2.20. The SMILES string of the molecule is NNc1cccc(N(c2ccc(NNc3cccc(N(c4ccccc4)c4cc5ccccc5o4)c3)cc2)c2cn(-c3ccccc3)c3ccccc23)c1.